The van der Waals surface area contributed by atoms with E-state index in [2.05, 4.69) is 4.99 Å². The van der Waals surface area contributed by atoms with Crippen molar-refractivity contribution >= 4 is 33.1 Å². The largest absolute Gasteiger partial charge is 0.506 e. The van der Waals surface area contributed by atoms with Crippen LogP contribution in [0.1, 0.15) is 12.5 Å². The molecule has 4 aromatic carbocycles. The van der Waals surface area contributed by atoms with Crippen molar-refractivity contribution < 1.29 is 5.11 Å². The van der Waals surface area contributed by atoms with Crippen LogP contribution in [0.2, 0.25) is 0 Å². The van der Waals surface area contributed by atoms with Crippen molar-refractivity contribution in [2.45, 2.75) is 6.92 Å². The normalized spacial score (nSPS) is 11.8. The molecule has 1 aromatic heterocycles. The third-order valence-electron chi connectivity index (χ3n) is 5.46. The minimum atomic E-state index is -0.301. The Morgan fingerprint density at radius 3 is 2.29 bits per heavy atom. The van der Waals surface area contributed by atoms with Gasteiger partial charge in [-0.15, -0.1) is 0 Å². The topological polar surface area (TPSA) is 54.6 Å². The van der Waals surface area contributed by atoms with Crippen LogP contribution >= 0.6 is 0 Å². The molecule has 0 atom stereocenters. The molecule has 5 aromatic rings. The molecule has 0 aliphatic heterocycles. The van der Waals surface area contributed by atoms with Crippen molar-refractivity contribution in [1.82, 2.24) is 4.57 Å². The van der Waals surface area contributed by atoms with Gasteiger partial charge in [-0.2, -0.15) is 0 Å². The first-order valence-electron chi connectivity index (χ1n) is 10.1. The summed E-state index contributed by atoms with van der Waals surface area (Å²) in [5.74, 6) is -0.0465. The predicted octanol–water partition coefficient (Wildman–Crippen LogP) is 5.99. The quantitative estimate of drug-likeness (QED) is 0.376. The monoisotopic (exact) mass is 404 g/mol. The summed E-state index contributed by atoms with van der Waals surface area (Å²) < 4.78 is 1.63. The van der Waals surface area contributed by atoms with Crippen LogP contribution in [0.4, 0.5) is 5.69 Å². The van der Waals surface area contributed by atoms with E-state index in [0.717, 1.165) is 22.1 Å². The number of hydrogen-bond acceptors (Lipinski definition) is 3. The van der Waals surface area contributed by atoms with Gasteiger partial charge < -0.3 is 5.11 Å². The molecule has 31 heavy (non-hydrogen) atoms. The molecule has 0 bridgehead atoms. The fourth-order valence-electron chi connectivity index (χ4n) is 3.98. The smallest absolute Gasteiger partial charge is 0.268 e. The van der Waals surface area contributed by atoms with Crippen molar-refractivity contribution in [2.24, 2.45) is 4.99 Å². The molecule has 0 saturated heterocycles. The summed E-state index contributed by atoms with van der Waals surface area (Å²) in [5, 5.41) is 13.8. The van der Waals surface area contributed by atoms with Crippen LogP contribution in [0, 0.1) is 0 Å². The first-order valence-corrected chi connectivity index (χ1v) is 10.1. The van der Waals surface area contributed by atoms with Gasteiger partial charge in [0.05, 0.1) is 16.9 Å². The standard InChI is InChI=1S/C27H20N2O2/c1-18(28-21-16-15-19-9-5-6-10-20(19)17-21)25-26(30)23-13-7-8-14-24(23)29(27(25)31)22-11-3-2-4-12-22/h2-17,30H,1H3. The number of nitrogens with zero attached hydrogens (tertiary/aromatic N) is 2. The van der Waals surface area contributed by atoms with E-state index >= 15 is 0 Å². The van der Waals surface area contributed by atoms with Gasteiger partial charge in [0.25, 0.3) is 5.56 Å². The Morgan fingerprint density at radius 1 is 0.806 bits per heavy atom. The summed E-state index contributed by atoms with van der Waals surface area (Å²) in [4.78, 5) is 18.3. The third-order valence-corrected chi connectivity index (χ3v) is 5.46. The molecule has 4 nitrogen and oxygen atoms in total. The Hall–Kier alpha value is -4.18. The van der Waals surface area contributed by atoms with E-state index in [9.17, 15) is 9.90 Å². The zero-order chi connectivity index (χ0) is 21.4. The van der Waals surface area contributed by atoms with Gasteiger partial charge in [-0.25, -0.2) is 0 Å². The van der Waals surface area contributed by atoms with Gasteiger partial charge in [-0.3, -0.25) is 14.4 Å². The fraction of sp³-hybridized carbons (Fsp3) is 0.0370. The number of aromatic hydroxyl groups is 1. The van der Waals surface area contributed by atoms with Crippen molar-refractivity contribution in [3.63, 3.8) is 0 Å². The van der Waals surface area contributed by atoms with E-state index in [0.29, 0.717) is 16.6 Å². The fourth-order valence-corrected chi connectivity index (χ4v) is 3.98. The van der Waals surface area contributed by atoms with Crippen molar-refractivity contribution in [3.05, 3.63) is 113 Å². The highest BCUT2D eigenvalue weighted by atomic mass is 16.3. The lowest BCUT2D eigenvalue weighted by molar-refractivity contribution is 0.478. The molecular formula is C27H20N2O2. The molecular weight excluding hydrogens is 384 g/mol. The molecule has 0 amide bonds. The zero-order valence-electron chi connectivity index (χ0n) is 17.0. The maximum Gasteiger partial charge on any atom is 0.268 e. The molecule has 0 spiro atoms. The van der Waals surface area contributed by atoms with Crippen molar-refractivity contribution in [2.75, 3.05) is 0 Å². The number of pyridine rings is 1. The second kappa shape index (κ2) is 7.58. The number of aromatic nitrogens is 1. The molecule has 0 aliphatic carbocycles. The summed E-state index contributed by atoms with van der Waals surface area (Å²) in [6.07, 6.45) is 0. The average molecular weight is 404 g/mol. The molecule has 0 fully saturated rings. The van der Waals surface area contributed by atoms with Crippen LogP contribution in [0.3, 0.4) is 0 Å². The Bertz CT molecular complexity index is 1520. The predicted molar refractivity (Wildman–Crippen MR) is 127 cm³/mol. The Labute approximate surface area is 179 Å². The molecule has 1 N–H and O–H groups in total. The average Bonchev–Trinajstić information content (AvgIpc) is 2.80. The molecule has 4 heteroatoms. The second-order valence-corrected chi connectivity index (χ2v) is 7.45. The van der Waals surface area contributed by atoms with Crippen LogP contribution < -0.4 is 5.56 Å². The van der Waals surface area contributed by atoms with Gasteiger partial charge in [0.1, 0.15) is 11.3 Å². The number of para-hydroxylation sites is 2. The van der Waals surface area contributed by atoms with Crippen molar-refractivity contribution in [3.8, 4) is 11.4 Å². The van der Waals surface area contributed by atoms with Crippen LogP contribution in [0.5, 0.6) is 5.75 Å². The highest BCUT2D eigenvalue weighted by Gasteiger charge is 2.19. The number of fused-ring (bicyclic) bond motifs is 2. The summed E-state index contributed by atoms with van der Waals surface area (Å²) in [5.41, 5.74) is 2.49. The highest BCUT2D eigenvalue weighted by Crippen LogP contribution is 2.29. The van der Waals surface area contributed by atoms with E-state index in [1.165, 1.54) is 0 Å². The van der Waals surface area contributed by atoms with Gasteiger partial charge in [0, 0.05) is 11.1 Å². The number of aliphatic imine (C=N–C) groups is 1. The molecule has 150 valence electrons. The lowest BCUT2D eigenvalue weighted by Gasteiger charge is -2.15. The van der Waals surface area contributed by atoms with Crippen LogP contribution in [-0.2, 0) is 0 Å². The third kappa shape index (κ3) is 3.28. The number of rotatable bonds is 3. The van der Waals surface area contributed by atoms with Gasteiger partial charge in [0.2, 0.25) is 0 Å². The van der Waals surface area contributed by atoms with Gasteiger partial charge >= 0.3 is 0 Å². The first-order chi connectivity index (χ1) is 15.1. The highest BCUT2D eigenvalue weighted by molar-refractivity contribution is 6.06. The maximum absolute atomic E-state index is 13.6. The van der Waals surface area contributed by atoms with Gasteiger partial charge in [-0.05, 0) is 54.1 Å². The molecule has 0 radical (unpaired) electrons. The number of hydrogen-bond donors (Lipinski definition) is 1. The van der Waals surface area contributed by atoms with E-state index in [4.69, 9.17) is 0 Å². The summed E-state index contributed by atoms with van der Waals surface area (Å²) in [7, 11) is 0. The summed E-state index contributed by atoms with van der Waals surface area (Å²) in [6, 6.07) is 30.8. The summed E-state index contributed by atoms with van der Waals surface area (Å²) >= 11 is 0. The molecule has 0 unspecified atom stereocenters. The van der Waals surface area contributed by atoms with Crippen LogP contribution in [-0.4, -0.2) is 15.4 Å². The Balaban J connectivity index is 1.76. The van der Waals surface area contributed by atoms with Gasteiger partial charge in [-0.1, -0.05) is 60.7 Å². The first kappa shape index (κ1) is 18.8. The molecule has 0 saturated carbocycles. The SMILES string of the molecule is CC(=Nc1ccc2ccccc2c1)c1c(O)c2ccccc2n(-c2ccccc2)c1=O. The molecule has 1 heterocycles. The van der Waals surface area contributed by atoms with E-state index < -0.39 is 0 Å². The van der Waals surface area contributed by atoms with Gasteiger partial charge in [0.15, 0.2) is 0 Å². The second-order valence-electron chi connectivity index (χ2n) is 7.45. The lowest BCUT2D eigenvalue weighted by atomic mass is 10.1. The van der Waals surface area contributed by atoms with Crippen LogP contribution in [0.15, 0.2) is 107 Å². The zero-order valence-corrected chi connectivity index (χ0v) is 17.0. The minimum Gasteiger partial charge on any atom is -0.506 e. The molecule has 0 aliphatic rings. The number of benzene rings is 4. The van der Waals surface area contributed by atoms with Crippen LogP contribution in [0.25, 0.3) is 27.4 Å². The van der Waals surface area contributed by atoms with E-state index in [-0.39, 0.29) is 16.9 Å². The summed E-state index contributed by atoms with van der Waals surface area (Å²) in [6.45, 7) is 1.76. The lowest BCUT2D eigenvalue weighted by Crippen LogP contribution is -2.25. The molecule has 5 rings (SSSR count). The van der Waals surface area contributed by atoms with Crippen molar-refractivity contribution in [1.29, 1.82) is 0 Å². The van der Waals surface area contributed by atoms with E-state index in [1.54, 1.807) is 11.5 Å². The minimum absolute atomic E-state index is 0.0465. The Kier molecular flexibility index (Phi) is 4.60. The maximum atomic E-state index is 13.6. The Morgan fingerprint density at radius 2 is 1.48 bits per heavy atom. The van der Waals surface area contributed by atoms with E-state index in [1.807, 2.05) is 97.1 Å².